The highest BCUT2D eigenvalue weighted by atomic mass is 16.3. The fraction of sp³-hybridized carbons (Fsp3) is 0.0149. The summed E-state index contributed by atoms with van der Waals surface area (Å²) < 4.78 is 6.67. The van der Waals surface area contributed by atoms with Crippen LogP contribution < -0.4 is 4.90 Å². The standard InChI is InChI=1S/C67H41NO/c1-2-19-42(20-3-1)44-21-11-16-34-62(44)68(43-37-38-49-47-24-5-4-22-45(47)46-23-6-7-25-48(46)55(49)39-43)63-41-61-56(40-57(63)53-30-18-36-65-66(53)54-29-12-17-35-64(54)69-65)52-28-10-15-33-60(52)67(61)58-31-13-8-26-50(58)51-27-9-14-32-59(51)67/h1-41H. The van der Waals surface area contributed by atoms with Crippen LogP contribution in [0.1, 0.15) is 22.3 Å². The number of anilines is 3. The Hall–Kier alpha value is -8.98. The van der Waals surface area contributed by atoms with Crippen LogP contribution in [0.25, 0.3) is 98.8 Å². The summed E-state index contributed by atoms with van der Waals surface area (Å²) in [6.07, 6.45) is 0. The summed E-state index contributed by atoms with van der Waals surface area (Å²) in [4.78, 5) is 2.56. The van der Waals surface area contributed by atoms with Crippen molar-refractivity contribution in [3.05, 3.63) is 271 Å². The lowest BCUT2D eigenvalue weighted by Gasteiger charge is -2.34. The van der Waals surface area contributed by atoms with Crippen LogP contribution in [0.15, 0.2) is 253 Å². The van der Waals surface area contributed by atoms with Gasteiger partial charge in [-0.25, -0.2) is 0 Å². The van der Waals surface area contributed by atoms with E-state index in [0.717, 1.165) is 61.3 Å². The lowest BCUT2D eigenvalue weighted by atomic mass is 9.70. The Morgan fingerprint density at radius 1 is 0.275 bits per heavy atom. The molecule has 2 heteroatoms. The molecule has 13 aromatic rings. The average molecular weight is 876 g/mol. The van der Waals surface area contributed by atoms with Crippen molar-refractivity contribution in [3.63, 3.8) is 0 Å². The molecule has 320 valence electrons. The predicted molar refractivity (Wildman–Crippen MR) is 288 cm³/mol. The first-order valence-electron chi connectivity index (χ1n) is 23.9. The predicted octanol–water partition coefficient (Wildman–Crippen LogP) is 18.2. The SMILES string of the molecule is c1ccc(-c2ccccc2N(c2ccc3c4ccccc4c4ccccc4c3c2)c2cc3c(cc2-c2cccc4oc5ccccc5c24)-c2ccccc2C32c3ccccc3-c3ccccc32)cc1. The first-order chi connectivity index (χ1) is 34.3. The molecule has 69 heavy (non-hydrogen) atoms. The zero-order chi connectivity index (χ0) is 45.2. The van der Waals surface area contributed by atoms with E-state index in [4.69, 9.17) is 4.42 Å². The molecule has 15 rings (SSSR count). The van der Waals surface area contributed by atoms with Crippen LogP contribution >= 0.6 is 0 Å². The van der Waals surface area contributed by atoms with E-state index in [1.54, 1.807) is 0 Å². The van der Waals surface area contributed by atoms with Crippen LogP contribution in [0.3, 0.4) is 0 Å². The molecule has 2 aliphatic carbocycles. The summed E-state index contributed by atoms with van der Waals surface area (Å²) in [5.41, 5.74) is 19.3. The molecule has 0 saturated carbocycles. The van der Waals surface area contributed by atoms with E-state index in [1.165, 1.54) is 76.8 Å². The van der Waals surface area contributed by atoms with E-state index in [1.807, 2.05) is 0 Å². The molecule has 2 nitrogen and oxygen atoms in total. The Bertz CT molecular complexity index is 4190. The average Bonchev–Trinajstić information content (AvgIpc) is 4.05. The third kappa shape index (κ3) is 5.26. The van der Waals surface area contributed by atoms with Crippen LogP contribution in [0.5, 0.6) is 0 Å². The zero-order valence-electron chi connectivity index (χ0n) is 37.5. The highest BCUT2D eigenvalue weighted by molar-refractivity contribution is 6.26. The lowest BCUT2D eigenvalue weighted by molar-refractivity contribution is 0.669. The summed E-state index contributed by atoms with van der Waals surface area (Å²) in [6.45, 7) is 0. The highest BCUT2D eigenvalue weighted by Crippen LogP contribution is 2.64. The normalized spacial score (nSPS) is 13.0. The monoisotopic (exact) mass is 875 g/mol. The molecule has 2 aliphatic rings. The van der Waals surface area contributed by atoms with Crippen molar-refractivity contribution in [1.82, 2.24) is 0 Å². The zero-order valence-corrected chi connectivity index (χ0v) is 37.5. The molecule has 0 aliphatic heterocycles. The largest absolute Gasteiger partial charge is 0.456 e. The summed E-state index contributed by atoms with van der Waals surface area (Å²) in [7, 11) is 0. The van der Waals surface area contributed by atoms with Crippen molar-refractivity contribution in [1.29, 1.82) is 0 Å². The lowest BCUT2D eigenvalue weighted by Crippen LogP contribution is -2.26. The van der Waals surface area contributed by atoms with E-state index in [0.29, 0.717) is 0 Å². The Kier molecular flexibility index (Phi) is 8.02. The maximum absolute atomic E-state index is 6.67. The van der Waals surface area contributed by atoms with Gasteiger partial charge in [0.15, 0.2) is 0 Å². The van der Waals surface area contributed by atoms with Gasteiger partial charge in [-0.15, -0.1) is 0 Å². The van der Waals surface area contributed by atoms with Gasteiger partial charge in [0.1, 0.15) is 11.2 Å². The Morgan fingerprint density at radius 2 is 0.768 bits per heavy atom. The van der Waals surface area contributed by atoms with Gasteiger partial charge in [-0.2, -0.15) is 0 Å². The van der Waals surface area contributed by atoms with Crippen molar-refractivity contribution in [3.8, 4) is 44.5 Å². The molecule has 0 amide bonds. The quantitative estimate of drug-likeness (QED) is 0.160. The fourth-order valence-electron chi connectivity index (χ4n) is 12.5. The number of benzene rings is 12. The van der Waals surface area contributed by atoms with E-state index >= 15 is 0 Å². The minimum Gasteiger partial charge on any atom is -0.456 e. The summed E-state index contributed by atoms with van der Waals surface area (Å²) in [5.74, 6) is 0. The van der Waals surface area contributed by atoms with Crippen LogP contribution in [-0.4, -0.2) is 0 Å². The van der Waals surface area contributed by atoms with E-state index in [-0.39, 0.29) is 0 Å². The van der Waals surface area contributed by atoms with Gasteiger partial charge in [0, 0.05) is 27.6 Å². The Balaban J connectivity index is 1.13. The summed E-state index contributed by atoms with van der Waals surface area (Å²) in [6, 6.07) is 92.2. The molecule has 1 spiro atoms. The van der Waals surface area contributed by atoms with Gasteiger partial charge < -0.3 is 9.32 Å². The van der Waals surface area contributed by atoms with Crippen LogP contribution in [0, 0.1) is 0 Å². The first-order valence-corrected chi connectivity index (χ1v) is 23.9. The van der Waals surface area contributed by atoms with Crippen molar-refractivity contribution in [2.75, 3.05) is 4.90 Å². The van der Waals surface area contributed by atoms with Crippen molar-refractivity contribution in [2.24, 2.45) is 0 Å². The van der Waals surface area contributed by atoms with Crippen molar-refractivity contribution < 1.29 is 4.42 Å². The maximum Gasteiger partial charge on any atom is 0.136 e. The van der Waals surface area contributed by atoms with Crippen LogP contribution in [-0.2, 0) is 5.41 Å². The molecule has 1 aromatic heterocycles. The molecule has 0 radical (unpaired) electrons. The topological polar surface area (TPSA) is 16.4 Å². The maximum atomic E-state index is 6.67. The Labute approximate surface area is 399 Å². The van der Waals surface area contributed by atoms with Crippen LogP contribution in [0.4, 0.5) is 17.1 Å². The molecule has 0 fully saturated rings. The van der Waals surface area contributed by atoms with Crippen molar-refractivity contribution >= 4 is 71.3 Å². The molecule has 12 aromatic carbocycles. The number of para-hydroxylation sites is 2. The van der Waals surface area contributed by atoms with Crippen LogP contribution in [0.2, 0.25) is 0 Å². The smallest absolute Gasteiger partial charge is 0.136 e. The second-order valence-electron chi connectivity index (χ2n) is 18.6. The Morgan fingerprint density at radius 3 is 1.43 bits per heavy atom. The minimum absolute atomic E-state index is 0.552. The van der Waals surface area contributed by atoms with E-state index in [9.17, 15) is 0 Å². The minimum atomic E-state index is -0.552. The molecule has 0 saturated heterocycles. The highest BCUT2D eigenvalue weighted by Gasteiger charge is 2.52. The number of fused-ring (bicyclic) bond motifs is 19. The number of furan rings is 1. The van der Waals surface area contributed by atoms with Gasteiger partial charge in [0.25, 0.3) is 0 Å². The van der Waals surface area contributed by atoms with Gasteiger partial charge in [-0.1, -0.05) is 206 Å². The molecular weight excluding hydrogens is 835 g/mol. The fourth-order valence-corrected chi connectivity index (χ4v) is 12.5. The van der Waals surface area contributed by atoms with Gasteiger partial charge in [0.05, 0.1) is 16.8 Å². The van der Waals surface area contributed by atoms with Gasteiger partial charge in [-0.05, 0) is 130 Å². The molecule has 0 atom stereocenters. The number of nitrogens with zero attached hydrogens (tertiary/aromatic N) is 1. The van der Waals surface area contributed by atoms with Crippen molar-refractivity contribution in [2.45, 2.75) is 5.41 Å². The number of rotatable bonds is 5. The van der Waals surface area contributed by atoms with E-state index < -0.39 is 5.41 Å². The molecule has 0 bridgehead atoms. The summed E-state index contributed by atoms with van der Waals surface area (Å²) in [5, 5.41) is 9.68. The second-order valence-corrected chi connectivity index (χ2v) is 18.6. The first kappa shape index (κ1) is 38.2. The number of hydrogen-bond acceptors (Lipinski definition) is 2. The van der Waals surface area contributed by atoms with E-state index in [2.05, 4.69) is 254 Å². The third-order valence-corrected chi connectivity index (χ3v) is 15.3. The molecule has 1 heterocycles. The molecule has 0 unspecified atom stereocenters. The summed E-state index contributed by atoms with van der Waals surface area (Å²) >= 11 is 0. The third-order valence-electron chi connectivity index (χ3n) is 15.3. The number of hydrogen-bond donors (Lipinski definition) is 0. The molecule has 0 N–H and O–H groups in total. The van der Waals surface area contributed by atoms with Gasteiger partial charge in [0.2, 0.25) is 0 Å². The van der Waals surface area contributed by atoms with Gasteiger partial charge >= 0.3 is 0 Å². The second kappa shape index (κ2) is 14.5. The van der Waals surface area contributed by atoms with Gasteiger partial charge in [-0.3, -0.25) is 0 Å². The molecular formula is C67H41NO.